The van der Waals surface area contributed by atoms with Crippen molar-refractivity contribution in [2.24, 2.45) is 0 Å². The molecule has 0 radical (unpaired) electrons. The van der Waals surface area contributed by atoms with Gasteiger partial charge in [-0.2, -0.15) is 0 Å². The van der Waals surface area contributed by atoms with Crippen molar-refractivity contribution in [3.63, 3.8) is 0 Å². The highest BCUT2D eigenvalue weighted by Gasteiger charge is 2.44. The fraction of sp³-hybridized carbons (Fsp3) is 0.333. The summed E-state index contributed by atoms with van der Waals surface area (Å²) in [5, 5.41) is 0. The van der Waals surface area contributed by atoms with Crippen molar-refractivity contribution < 1.29 is 19.1 Å². The van der Waals surface area contributed by atoms with E-state index < -0.39 is 12.0 Å². The van der Waals surface area contributed by atoms with Crippen molar-refractivity contribution in [3.8, 4) is 11.5 Å². The molecule has 7 nitrogen and oxygen atoms in total. The van der Waals surface area contributed by atoms with Gasteiger partial charge in [-0.25, -0.2) is 0 Å². The Hall–Kier alpha value is -3.84. The molecule has 7 heteroatoms. The van der Waals surface area contributed by atoms with Gasteiger partial charge in [0, 0.05) is 45.3 Å². The van der Waals surface area contributed by atoms with Gasteiger partial charge < -0.3 is 19.3 Å². The highest BCUT2D eigenvalue weighted by molar-refractivity contribution is 6.01. The van der Waals surface area contributed by atoms with E-state index in [-0.39, 0.29) is 11.8 Å². The van der Waals surface area contributed by atoms with Gasteiger partial charge in [-0.05, 0) is 34.9 Å². The van der Waals surface area contributed by atoms with Gasteiger partial charge in [0.1, 0.15) is 0 Å². The molecule has 2 atom stereocenters. The van der Waals surface area contributed by atoms with Crippen LogP contribution in [0.2, 0.25) is 0 Å². The maximum atomic E-state index is 14.2. The average Bonchev–Trinajstić information content (AvgIpc) is 2.95. The number of methoxy groups -OCH3 is 2. The number of piperazine rings is 1. The van der Waals surface area contributed by atoms with E-state index >= 15 is 0 Å². The molecule has 0 N–H and O–H groups in total. The standard InChI is InChI=1S/C30H33N3O4/c1-31-28(22-13-14-25(36-2)26(19-22)37-3)27(23-11-7-8-12-24(23)29(31)34)30(35)33-17-15-32(16-18-33)20-21-9-5-4-6-10-21/h4-14,19,27-28H,15-18,20H2,1-3H3. The molecule has 5 rings (SSSR count). The van der Waals surface area contributed by atoms with E-state index in [0.717, 1.165) is 30.8 Å². The molecule has 0 aromatic heterocycles. The zero-order chi connectivity index (χ0) is 25.9. The highest BCUT2D eigenvalue weighted by Crippen LogP contribution is 2.44. The van der Waals surface area contributed by atoms with Crippen LogP contribution in [0.4, 0.5) is 0 Å². The lowest BCUT2D eigenvalue weighted by atomic mass is 9.79. The maximum absolute atomic E-state index is 14.2. The van der Waals surface area contributed by atoms with Crippen LogP contribution in [0.5, 0.6) is 11.5 Å². The summed E-state index contributed by atoms with van der Waals surface area (Å²) >= 11 is 0. The van der Waals surface area contributed by atoms with E-state index in [2.05, 4.69) is 29.2 Å². The first-order chi connectivity index (χ1) is 18.0. The van der Waals surface area contributed by atoms with Crippen LogP contribution in [0.3, 0.4) is 0 Å². The molecule has 37 heavy (non-hydrogen) atoms. The van der Waals surface area contributed by atoms with Crippen LogP contribution < -0.4 is 9.47 Å². The predicted molar refractivity (Wildman–Crippen MR) is 142 cm³/mol. The van der Waals surface area contributed by atoms with Crippen LogP contribution in [0.15, 0.2) is 72.8 Å². The Balaban J connectivity index is 1.44. The molecule has 2 aliphatic heterocycles. The Bertz CT molecular complexity index is 1270. The van der Waals surface area contributed by atoms with E-state index in [4.69, 9.17) is 9.47 Å². The van der Waals surface area contributed by atoms with Crippen molar-refractivity contribution >= 4 is 11.8 Å². The minimum Gasteiger partial charge on any atom is -0.493 e. The monoisotopic (exact) mass is 499 g/mol. The number of nitrogens with zero attached hydrogens (tertiary/aromatic N) is 3. The van der Waals surface area contributed by atoms with Crippen molar-refractivity contribution in [2.75, 3.05) is 47.4 Å². The largest absolute Gasteiger partial charge is 0.493 e. The van der Waals surface area contributed by atoms with Crippen molar-refractivity contribution in [1.82, 2.24) is 14.7 Å². The summed E-state index contributed by atoms with van der Waals surface area (Å²) in [6.45, 7) is 3.80. The molecule has 1 fully saturated rings. The molecule has 2 unspecified atom stereocenters. The first-order valence-corrected chi connectivity index (χ1v) is 12.6. The molecule has 192 valence electrons. The predicted octanol–water partition coefficient (Wildman–Crippen LogP) is 3.96. The van der Waals surface area contributed by atoms with Crippen LogP contribution in [-0.2, 0) is 11.3 Å². The van der Waals surface area contributed by atoms with E-state index in [1.807, 2.05) is 53.4 Å². The quantitative estimate of drug-likeness (QED) is 0.514. The minimum absolute atomic E-state index is 0.0472. The first kappa shape index (κ1) is 24.8. The fourth-order valence-corrected chi connectivity index (χ4v) is 5.56. The fourth-order valence-electron chi connectivity index (χ4n) is 5.56. The van der Waals surface area contributed by atoms with E-state index in [9.17, 15) is 9.59 Å². The molecule has 2 amide bonds. The van der Waals surface area contributed by atoms with Gasteiger partial charge >= 0.3 is 0 Å². The number of hydrogen-bond acceptors (Lipinski definition) is 5. The van der Waals surface area contributed by atoms with E-state index in [1.54, 1.807) is 26.2 Å². The van der Waals surface area contributed by atoms with E-state index in [1.165, 1.54) is 5.56 Å². The number of benzene rings is 3. The number of ether oxygens (including phenoxy) is 2. The van der Waals surface area contributed by atoms with Crippen LogP contribution in [0, 0.1) is 0 Å². The van der Waals surface area contributed by atoms with Gasteiger partial charge in [0.15, 0.2) is 11.5 Å². The second-order valence-electron chi connectivity index (χ2n) is 9.63. The average molecular weight is 500 g/mol. The number of amides is 2. The molecule has 3 aromatic rings. The Morgan fingerprint density at radius 1 is 0.865 bits per heavy atom. The summed E-state index contributed by atoms with van der Waals surface area (Å²) in [4.78, 5) is 33.6. The lowest BCUT2D eigenvalue weighted by Gasteiger charge is -2.43. The third-order valence-corrected chi connectivity index (χ3v) is 7.53. The minimum atomic E-state index is -0.516. The van der Waals surface area contributed by atoms with Gasteiger partial charge in [0.05, 0.1) is 26.2 Å². The second kappa shape index (κ2) is 10.6. The molecular weight excluding hydrogens is 466 g/mol. The van der Waals surface area contributed by atoms with Crippen LogP contribution in [-0.4, -0.2) is 74.0 Å². The number of rotatable bonds is 6. The molecule has 0 bridgehead atoms. The lowest BCUT2D eigenvalue weighted by molar-refractivity contribution is -0.136. The molecule has 0 spiro atoms. The van der Waals surface area contributed by atoms with Crippen molar-refractivity contribution in [3.05, 3.63) is 95.1 Å². The summed E-state index contributed by atoms with van der Waals surface area (Å²) in [6.07, 6.45) is 0. The van der Waals surface area contributed by atoms with Gasteiger partial charge in [-0.3, -0.25) is 14.5 Å². The smallest absolute Gasteiger partial charge is 0.254 e. The number of likely N-dealkylation sites (N-methyl/N-ethyl adjacent to an activating group) is 1. The Morgan fingerprint density at radius 2 is 1.54 bits per heavy atom. The maximum Gasteiger partial charge on any atom is 0.254 e. The molecule has 2 heterocycles. The van der Waals surface area contributed by atoms with Crippen molar-refractivity contribution in [1.29, 1.82) is 0 Å². The zero-order valence-corrected chi connectivity index (χ0v) is 21.6. The molecule has 2 aliphatic rings. The number of carbonyl (C=O) groups excluding carboxylic acids is 2. The normalized spacial score (nSPS) is 19.9. The lowest BCUT2D eigenvalue weighted by Crippen LogP contribution is -2.52. The SMILES string of the molecule is COc1ccc(C2C(C(=O)N3CCN(Cc4ccccc4)CC3)c3ccccc3C(=O)N2C)cc1OC. The zero-order valence-electron chi connectivity index (χ0n) is 21.6. The summed E-state index contributed by atoms with van der Waals surface area (Å²) in [5.41, 5.74) is 3.48. The topological polar surface area (TPSA) is 62.3 Å². The Morgan fingerprint density at radius 3 is 2.24 bits per heavy atom. The van der Waals surface area contributed by atoms with Gasteiger partial charge in [0.2, 0.25) is 5.91 Å². The van der Waals surface area contributed by atoms with E-state index in [0.29, 0.717) is 30.2 Å². The first-order valence-electron chi connectivity index (χ1n) is 12.6. The van der Waals surface area contributed by atoms with Crippen molar-refractivity contribution in [2.45, 2.75) is 18.5 Å². The third-order valence-electron chi connectivity index (χ3n) is 7.53. The number of fused-ring (bicyclic) bond motifs is 1. The van der Waals surface area contributed by atoms with Gasteiger partial charge in [0.25, 0.3) is 5.91 Å². The van der Waals surface area contributed by atoms with Gasteiger partial charge in [-0.15, -0.1) is 0 Å². The van der Waals surface area contributed by atoms with Crippen LogP contribution >= 0.6 is 0 Å². The molecular formula is C30H33N3O4. The summed E-state index contributed by atoms with van der Waals surface area (Å²) in [5.74, 6) is 0.616. The molecule has 0 saturated carbocycles. The highest BCUT2D eigenvalue weighted by atomic mass is 16.5. The van der Waals surface area contributed by atoms with Crippen LogP contribution in [0.25, 0.3) is 0 Å². The molecule has 1 saturated heterocycles. The number of carbonyl (C=O) groups is 2. The molecule has 3 aromatic carbocycles. The summed E-state index contributed by atoms with van der Waals surface area (Å²) < 4.78 is 11.0. The van der Waals surface area contributed by atoms with Crippen LogP contribution in [0.1, 0.15) is 39.0 Å². The summed E-state index contributed by atoms with van der Waals surface area (Å²) in [6, 6.07) is 23.1. The second-order valence-corrected chi connectivity index (χ2v) is 9.63. The third kappa shape index (κ3) is 4.79. The summed E-state index contributed by atoms with van der Waals surface area (Å²) in [7, 11) is 4.95. The van der Waals surface area contributed by atoms with Gasteiger partial charge in [-0.1, -0.05) is 54.6 Å². The number of hydrogen-bond donors (Lipinski definition) is 0. The Labute approximate surface area is 218 Å². The molecule has 0 aliphatic carbocycles. The Kier molecular flexibility index (Phi) is 7.15.